The average Bonchev–Trinajstić information content (AvgIpc) is 2.69. The van der Waals surface area contributed by atoms with Crippen LogP contribution in [0.5, 0.6) is 0 Å². The lowest BCUT2D eigenvalue weighted by Gasteiger charge is -2.08. The van der Waals surface area contributed by atoms with Gasteiger partial charge in [0.2, 0.25) is 10.0 Å². The minimum Gasteiger partial charge on any atom is -0.321 e. The number of benzene rings is 2. The van der Waals surface area contributed by atoms with Crippen molar-refractivity contribution in [2.24, 2.45) is 0 Å². The van der Waals surface area contributed by atoms with Crippen molar-refractivity contribution in [1.29, 1.82) is 0 Å². The lowest BCUT2D eigenvalue weighted by atomic mass is 10.2. The number of anilines is 1. The number of aromatic amines is 1. The first-order valence-corrected chi connectivity index (χ1v) is 9.93. The van der Waals surface area contributed by atoms with Crippen molar-refractivity contribution in [2.75, 3.05) is 11.9 Å². The van der Waals surface area contributed by atoms with Crippen molar-refractivity contribution in [2.45, 2.75) is 11.3 Å². The van der Waals surface area contributed by atoms with Crippen LogP contribution in [-0.4, -0.2) is 31.1 Å². The molecule has 3 N–H and O–H groups in total. The smallest absolute Gasteiger partial charge is 0.276 e. The fourth-order valence-electron chi connectivity index (χ4n) is 2.44. The Kier molecular flexibility index (Phi) is 5.97. The molecule has 0 aliphatic rings. The molecule has 0 radical (unpaired) electrons. The number of H-pyrrole nitrogens is 1. The molecule has 0 fully saturated rings. The van der Waals surface area contributed by atoms with Crippen LogP contribution in [0.3, 0.4) is 0 Å². The van der Waals surface area contributed by atoms with Crippen molar-refractivity contribution in [3.8, 4) is 0 Å². The third-order valence-corrected chi connectivity index (χ3v) is 5.36. The largest absolute Gasteiger partial charge is 0.321 e. The van der Waals surface area contributed by atoms with Crippen molar-refractivity contribution < 1.29 is 13.2 Å². The Hall–Kier alpha value is -3.30. The predicted molar refractivity (Wildman–Crippen MR) is 105 cm³/mol. The molecule has 9 heteroatoms. The molecule has 0 saturated carbocycles. The van der Waals surface area contributed by atoms with Crippen molar-refractivity contribution in [1.82, 2.24) is 14.9 Å². The third-order valence-electron chi connectivity index (χ3n) is 3.88. The third kappa shape index (κ3) is 5.12. The summed E-state index contributed by atoms with van der Waals surface area (Å²) in [6, 6.07) is 17.8. The molecule has 0 spiro atoms. The molecule has 0 aliphatic heterocycles. The van der Waals surface area contributed by atoms with Gasteiger partial charge < -0.3 is 5.32 Å². The number of nitrogens with zero attached hydrogens (tertiary/aromatic N) is 1. The second-order valence-electron chi connectivity index (χ2n) is 5.92. The molecule has 1 aromatic heterocycles. The number of rotatable bonds is 7. The van der Waals surface area contributed by atoms with Gasteiger partial charge in [0.1, 0.15) is 5.69 Å². The first kappa shape index (κ1) is 19.5. The highest BCUT2D eigenvalue weighted by Gasteiger charge is 2.14. The zero-order chi connectivity index (χ0) is 20.0. The molecule has 3 aromatic rings. The van der Waals surface area contributed by atoms with Gasteiger partial charge in [-0.25, -0.2) is 18.2 Å². The zero-order valence-electron chi connectivity index (χ0n) is 14.8. The molecule has 0 saturated heterocycles. The second kappa shape index (κ2) is 8.59. The fourth-order valence-corrected chi connectivity index (χ4v) is 3.47. The summed E-state index contributed by atoms with van der Waals surface area (Å²) in [7, 11) is -3.65. The maximum Gasteiger partial charge on any atom is 0.276 e. The predicted octanol–water partition coefficient (Wildman–Crippen LogP) is 1.54. The lowest BCUT2D eigenvalue weighted by Crippen LogP contribution is -2.26. The van der Waals surface area contributed by atoms with Gasteiger partial charge in [0.05, 0.1) is 4.90 Å². The van der Waals surface area contributed by atoms with Crippen LogP contribution in [0.15, 0.2) is 76.4 Å². The van der Waals surface area contributed by atoms with Crippen LogP contribution in [0.2, 0.25) is 0 Å². The minimum atomic E-state index is -3.65. The molecule has 1 heterocycles. The Morgan fingerprint density at radius 3 is 2.32 bits per heavy atom. The van der Waals surface area contributed by atoms with Crippen LogP contribution in [0, 0.1) is 0 Å². The van der Waals surface area contributed by atoms with Gasteiger partial charge in [-0.3, -0.25) is 9.59 Å². The average molecular weight is 398 g/mol. The molecule has 0 bridgehead atoms. The van der Waals surface area contributed by atoms with Crippen LogP contribution in [0.25, 0.3) is 0 Å². The van der Waals surface area contributed by atoms with Gasteiger partial charge in [0, 0.05) is 18.3 Å². The molecule has 3 rings (SSSR count). The Labute approximate surface area is 161 Å². The number of aromatic nitrogens is 2. The summed E-state index contributed by atoms with van der Waals surface area (Å²) >= 11 is 0. The molecule has 1 amide bonds. The van der Waals surface area contributed by atoms with Gasteiger partial charge in [0.25, 0.3) is 11.5 Å². The first-order chi connectivity index (χ1) is 13.4. The van der Waals surface area contributed by atoms with E-state index in [1.807, 2.05) is 30.3 Å². The Balaban J connectivity index is 1.60. The summed E-state index contributed by atoms with van der Waals surface area (Å²) in [5.41, 5.74) is 1.07. The number of hydrogen-bond donors (Lipinski definition) is 3. The van der Waals surface area contributed by atoms with E-state index in [1.54, 1.807) is 0 Å². The van der Waals surface area contributed by atoms with Gasteiger partial charge in [-0.15, -0.1) is 0 Å². The molecule has 28 heavy (non-hydrogen) atoms. The summed E-state index contributed by atoms with van der Waals surface area (Å²) < 4.78 is 27.3. The number of sulfonamides is 1. The van der Waals surface area contributed by atoms with Gasteiger partial charge in [0.15, 0.2) is 0 Å². The molecule has 0 unspecified atom stereocenters. The minimum absolute atomic E-state index is 0.0406. The monoisotopic (exact) mass is 398 g/mol. The topological polar surface area (TPSA) is 121 Å². The highest BCUT2D eigenvalue weighted by atomic mass is 32.2. The molecular weight excluding hydrogens is 380 g/mol. The van der Waals surface area contributed by atoms with Crippen LogP contribution < -0.4 is 15.6 Å². The van der Waals surface area contributed by atoms with E-state index in [0.29, 0.717) is 12.1 Å². The molecule has 144 valence electrons. The van der Waals surface area contributed by atoms with Crippen molar-refractivity contribution in [3.63, 3.8) is 0 Å². The first-order valence-electron chi connectivity index (χ1n) is 8.45. The van der Waals surface area contributed by atoms with E-state index in [1.165, 1.54) is 36.4 Å². The Morgan fingerprint density at radius 2 is 1.68 bits per heavy atom. The summed E-state index contributed by atoms with van der Waals surface area (Å²) in [5, 5.41) is 8.39. The number of amides is 1. The lowest BCUT2D eigenvalue weighted by molar-refractivity contribution is 0.102. The van der Waals surface area contributed by atoms with Crippen LogP contribution in [0.1, 0.15) is 16.1 Å². The van der Waals surface area contributed by atoms with E-state index in [4.69, 9.17) is 0 Å². The number of hydrogen-bond acceptors (Lipinski definition) is 5. The van der Waals surface area contributed by atoms with Crippen molar-refractivity contribution in [3.05, 3.63) is 88.3 Å². The highest BCUT2D eigenvalue weighted by molar-refractivity contribution is 7.89. The van der Waals surface area contributed by atoms with Crippen molar-refractivity contribution >= 4 is 21.6 Å². The van der Waals surface area contributed by atoms with Crippen LogP contribution in [0.4, 0.5) is 5.69 Å². The quantitative estimate of drug-likeness (QED) is 0.557. The molecule has 0 atom stereocenters. The summed E-state index contributed by atoms with van der Waals surface area (Å²) in [6.07, 6.45) is 0.584. The van der Waals surface area contributed by atoms with E-state index in [9.17, 15) is 18.0 Å². The normalized spacial score (nSPS) is 11.1. The van der Waals surface area contributed by atoms with Gasteiger partial charge in [-0.1, -0.05) is 30.3 Å². The maximum absolute atomic E-state index is 12.4. The zero-order valence-corrected chi connectivity index (χ0v) is 15.6. The highest BCUT2D eigenvalue weighted by Crippen LogP contribution is 2.14. The fraction of sp³-hybridized carbons (Fsp3) is 0.105. The van der Waals surface area contributed by atoms with Crippen LogP contribution >= 0.6 is 0 Å². The van der Waals surface area contributed by atoms with E-state index >= 15 is 0 Å². The Morgan fingerprint density at radius 1 is 0.964 bits per heavy atom. The SMILES string of the molecule is O=C(Nc1ccc(S(=O)(=O)NCCc2ccccc2)cc1)c1ccc(=O)[nH]n1. The standard InChI is InChI=1S/C19H18N4O4S/c24-18-11-10-17(22-23-18)19(25)21-15-6-8-16(9-7-15)28(26,27)20-13-12-14-4-2-1-3-5-14/h1-11,20H,12-13H2,(H,21,25)(H,23,24). The molecular formula is C19H18N4O4S. The summed E-state index contributed by atoms with van der Waals surface area (Å²) in [5.74, 6) is -0.521. The summed E-state index contributed by atoms with van der Waals surface area (Å²) in [6.45, 7) is 0.280. The van der Waals surface area contributed by atoms with E-state index in [2.05, 4.69) is 20.2 Å². The Bertz CT molecular complexity index is 1090. The van der Waals surface area contributed by atoms with E-state index < -0.39 is 21.5 Å². The van der Waals surface area contributed by atoms with E-state index in [-0.39, 0.29) is 17.1 Å². The molecule has 2 aromatic carbocycles. The molecule has 8 nitrogen and oxygen atoms in total. The molecule has 0 aliphatic carbocycles. The van der Waals surface area contributed by atoms with E-state index in [0.717, 1.165) is 5.56 Å². The van der Waals surface area contributed by atoms with Gasteiger partial charge >= 0.3 is 0 Å². The van der Waals surface area contributed by atoms with Crippen LogP contribution in [-0.2, 0) is 16.4 Å². The number of carbonyl (C=O) groups excluding carboxylic acids is 1. The second-order valence-corrected chi connectivity index (χ2v) is 7.69. The van der Waals surface area contributed by atoms with Gasteiger partial charge in [-0.05, 0) is 42.3 Å². The summed E-state index contributed by atoms with van der Waals surface area (Å²) in [4.78, 5) is 23.1. The number of nitrogens with one attached hydrogen (secondary N) is 3. The number of carbonyl (C=O) groups is 1. The maximum atomic E-state index is 12.4. The van der Waals surface area contributed by atoms with Gasteiger partial charge in [-0.2, -0.15) is 5.10 Å².